The van der Waals surface area contributed by atoms with Crippen molar-refractivity contribution >= 4 is 11.7 Å². The van der Waals surface area contributed by atoms with Gasteiger partial charge >= 0.3 is 5.97 Å². The summed E-state index contributed by atoms with van der Waals surface area (Å²) in [5.41, 5.74) is 1.64. The molecule has 0 bridgehead atoms. The number of aliphatic hydroxyl groups is 1. The van der Waals surface area contributed by atoms with Crippen molar-refractivity contribution in [3.05, 3.63) is 41.7 Å². The summed E-state index contributed by atoms with van der Waals surface area (Å²) in [6.45, 7) is 7.99. The second-order valence-corrected chi connectivity index (χ2v) is 10.0. The smallest absolute Gasteiger partial charge is 0.311 e. The van der Waals surface area contributed by atoms with Gasteiger partial charge in [0.05, 0.1) is 17.7 Å². The maximum atomic E-state index is 14.1. The van der Waals surface area contributed by atoms with Crippen LogP contribution in [0.1, 0.15) is 33.1 Å². The van der Waals surface area contributed by atoms with E-state index in [0.29, 0.717) is 18.2 Å². The van der Waals surface area contributed by atoms with Crippen LogP contribution >= 0.6 is 0 Å². The Morgan fingerprint density at radius 2 is 1.97 bits per heavy atom. The number of halogens is 1. The first-order valence-electron chi connectivity index (χ1n) is 11.7. The van der Waals surface area contributed by atoms with E-state index in [2.05, 4.69) is 29.7 Å². The average Bonchev–Trinajstić information content (AvgIpc) is 3.06. The Morgan fingerprint density at radius 1 is 1.23 bits per heavy atom. The minimum absolute atomic E-state index is 0.153. The fourth-order valence-corrected chi connectivity index (χ4v) is 6.43. The summed E-state index contributed by atoms with van der Waals surface area (Å²) in [4.78, 5) is 17.2. The molecule has 0 spiro atoms. The van der Waals surface area contributed by atoms with Gasteiger partial charge in [0.15, 0.2) is 0 Å². The number of esters is 1. The van der Waals surface area contributed by atoms with Crippen LogP contribution in [0.2, 0.25) is 0 Å². The van der Waals surface area contributed by atoms with Crippen LogP contribution in [0.4, 0.5) is 10.1 Å². The molecule has 2 aliphatic carbocycles. The minimum atomic E-state index is -0.566. The summed E-state index contributed by atoms with van der Waals surface area (Å²) in [6, 6.07) is 6.89. The average molecular weight is 429 g/mol. The first-order chi connectivity index (χ1) is 14.9. The van der Waals surface area contributed by atoms with Gasteiger partial charge in [-0.1, -0.05) is 37.6 Å². The number of carbonyl (C=O) groups is 1. The zero-order valence-electron chi connectivity index (χ0n) is 18.5. The predicted octanol–water partition coefficient (Wildman–Crippen LogP) is 3.23. The number of hydrogen-bond acceptors (Lipinski definition) is 5. The number of benzene rings is 1. The van der Waals surface area contributed by atoms with E-state index in [0.717, 1.165) is 45.4 Å². The summed E-state index contributed by atoms with van der Waals surface area (Å²) in [6.07, 6.45) is 4.36. The molecule has 1 aromatic rings. The Balaban J connectivity index is 1.28. The van der Waals surface area contributed by atoms with Gasteiger partial charge in [-0.2, -0.15) is 0 Å². The number of anilines is 1. The van der Waals surface area contributed by atoms with Crippen LogP contribution in [-0.4, -0.2) is 60.9 Å². The van der Waals surface area contributed by atoms with Crippen LogP contribution in [0.3, 0.4) is 0 Å². The van der Waals surface area contributed by atoms with Gasteiger partial charge in [0.1, 0.15) is 11.9 Å². The lowest BCUT2D eigenvalue weighted by atomic mass is 9.55. The first kappa shape index (κ1) is 21.0. The molecule has 168 valence electrons. The lowest BCUT2D eigenvalue weighted by Gasteiger charge is -2.52. The van der Waals surface area contributed by atoms with Crippen LogP contribution in [-0.2, 0) is 9.53 Å². The third-order valence-corrected chi connectivity index (χ3v) is 8.59. The van der Waals surface area contributed by atoms with E-state index < -0.39 is 6.10 Å². The molecular formula is C25H33FN2O3. The van der Waals surface area contributed by atoms with E-state index in [1.54, 1.807) is 6.07 Å². The van der Waals surface area contributed by atoms with Crippen LogP contribution in [0.25, 0.3) is 0 Å². The Bertz CT molecular complexity index is 881. The largest absolute Gasteiger partial charge is 0.461 e. The molecule has 1 aromatic carbocycles. The SMILES string of the molecule is CC1CCC=C2CC3OC(=O)C(CN4CCN(c5ccccc5F)CC4)C3C(O)C21C. The zero-order valence-corrected chi connectivity index (χ0v) is 18.5. The fourth-order valence-electron chi connectivity index (χ4n) is 6.43. The summed E-state index contributed by atoms with van der Waals surface area (Å²) < 4.78 is 19.9. The van der Waals surface area contributed by atoms with Gasteiger partial charge in [0.25, 0.3) is 0 Å². The maximum absolute atomic E-state index is 14.1. The zero-order chi connectivity index (χ0) is 21.8. The van der Waals surface area contributed by atoms with Gasteiger partial charge in [-0.3, -0.25) is 9.69 Å². The lowest BCUT2D eigenvalue weighted by Crippen LogP contribution is -2.55. The molecule has 31 heavy (non-hydrogen) atoms. The number of fused-ring (bicyclic) bond motifs is 2. The molecule has 1 N–H and O–H groups in total. The third kappa shape index (κ3) is 3.39. The molecule has 6 unspecified atom stereocenters. The van der Waals surface area contributed by atoms with Crippen molar-refractivity contribution in [1.82, 2.24) is 4.90 Å². The second-order valence-electron chi connectivity index (χ2n) is 10.0. The van der Waals surface area contributed by atoms with E-state index in [1.165, 1.54) is 11.6 Å². The van der Waals surface area contributed by atoms with Gasteiger partial charge in [-0.05, 0) is 30.9 Å². The molecular weight excluding hydrogens is 395 g/mol. The van der Waals surface area contributed by atoms with Gasteiger partial charge in [-0.25, -0.2) is 4.39 Å². The Hall–Kier alpha value is -1.92. The van der Waals surface area contributed by atoms with Gasteiger partial charge < -0.3 is 14.7 Å². The van der Waals surface area contributed by atoms with Gasteiger partial charge in [0.2, 0.25) is 0 Å². The molecule has 0 amide bonds. The Kier molecular flexibility index (Phi) is 5.33. The quantitative estimate of drug-likeness (QED) is 0.592. The molecule has 6 atom stereocenters. The Morgan fingerprint density at radius 3 is 2.71 bits per heavy atom. The standard InChI is InChI=1S/C25H33FN2O3/c1-16-6-5-7-17-14-21-22(23(29)25(16,17)2)18(24(30)31-21)15-27-10-12-28(13-11-27)20-9-4-3-8-19(20)26/h3-4,7-9,16,18,21-23,29H,5-6,10-15H2,1-2H3. The number of carbonyl (C=O) groups excluding carboxylic acids is 1. The molecule has 0 radical (unpaired) electrons. The van der Waals surface area contributed by atoms with Crippen LogP contribution in [0.15, 0.2) is 35.9 Å². The summed E-state index contributed by atoms with van der Waals surface area (Å²) in [5, 5.41) is 11.5. The normalized spacial score (nSPS) is 38.3. The molecule has 5 rings (SSSR count). The van der Waals surface area contributed by atoms with Crippen molar-refractivity contribution in [2.24, 2.45) is 23.2 Å². The highest BCUT2D eigenvalue weighted by atomic mass is 19.1. The fraction of sp³-hybridized carbons (Fsp3) is 0.640. The topological polar surface area (TPSA) is 53.0 Å². The van der Waals surface area contributed by atoms with E-state index in [4.69, 9.17) is 4.74 Å². The minimum Gasteiger partial charge on any atom is -0.461 e. The van der Waals surface area contributed by atoms with Crippen LogP contribution in [0.5, 0.6) is 0 Å². The summed E-state index contributed by atoms with van der Waals surface area (Å²) in [5.74, 6) is -0.417. The molecule has 2 saturated heterocycles. The molecule has 1 saturated carbocycles. The molecule has 5 nitrogen and oxygen atoms in total. The first-order valence-corrected chi connectivity index (χ1v) is 11.7. The summed E-state index contributed by atoms with van der Waals surface area (Å²) >= 11 is 0. The molecule has 2 heterocycles. The summed E-state index contributed by atoms with van der Waals surface area (Å²) in [7, 11) is 0. The number of piperazine rings is 1. The number of hydrogen-bond donors (Lipinski definition) is 1. The van der Waals surface area contributed by atoms with Crippen LogP contribution < -0.4 is 4.90 Å². The Labute approximate surface area is 183 Å². The number of ether oxygens (including phenoxy) is 1. The number of para-hydroxylation sites is 1. The highest BCUT2D eigenvalue weighted by Crippen LogP contribution is 2.56. The van der Waals surface area contributed by atoms with Crippen molar-refractivity contribution in [1.29, 1.82) is 0 Å². The van der Waals surface area contributed by atoms with E-state index >= 15 is 0 Å². The molecule has 4 aliphatic rings. The van der Waals surface area contributed by atoms with E-state index in [1.807, 2.05) is 12.1 Å². The highest BCUT2D eigenvalue weighted by Gasteiger charge is 2.59. The number of allylic oxidation sites excluding steroid dienone is 1. The van der Waals surface area contributed by atoms with E-state index in [9.17, 15) is 14.3 Å². The maximum Gasteiger partial charge on any atom is 0.311 e. The molecule has 2 aliphatic heterocycles. The predicted molar refractivity (Wildman–Crippen MR) is 117 cm³/mol. The van der Waals surface area contributed by atoms with Crippen molar-refractivity contribution in [3.8, 4) is 0 Å². The van der Waals surface area contributed by atoms with Crippen molar-refractivity contribution < 1.29 is 19.0 Å². The number of rotatable bonds is 3. The van der Waals surface area contributed by atoms with Gasteiger partial charge in [0, 0.05) is 50.5 Å². The molecule has 6 heteroatoms. The van der Waals surface area contributed by atoms with Crippen molar-refractivity contribution in [2.75, 3.05) is 37.6 Å². The van der Waals surface area contributed by atoms with Gasteiger partial charge in [-0.15, -0.1) is 0 Å². The highest BCUT2D eigenvalue weighted by molar-refractivity contribution is 5.76. The van der Waals surface area contributed by atoms with Crippen LogP contribution in [0, 0.1) is 29.0 Å². The van der Waals surface area contributed by atoms with E-state index in [-0.39, 0.29) is 35.1 Å². The number of nitrogens with zero attached hydrogens (tertiary/aromatic N) is 2. The monoisotopic (exact) mass is 428 g/mol. The molecule has 3 fully saturated rings. The third-order valence-electron chi connectivity index (χ3n) is 8.59. The molecule has 0 aromatic heterocycles. The van der Waals surface area contributed by atoms with Crippen molar-refractivity contribution in [3.63, 3.8) is 0 Å². The number of aliphatic hydroxyl groups excluding tert-OH is 1. The second kappa shape index (κ2) is 7.89. The lowest BCUT2D eigenvalue weighted by molar-refractivity contribution is -0.145. The van der Waals surface area contributed by atoms with Crippen molar-refractivity contribution in [2.45, 2.75) is 45.3 Å².